The Labute approximate surface area is 701 Å². The highest BCUT2D eigenvalue weighted by Crippen LogP contribution is 2.62. The van der Waals surface area contributed by atoms with Gasteiger partial charge in [-0.25, -0.2) is 0 Å². The molecule has 12 aromatic carbocycles. The van der Waals surface area contributed by atoms with Crippen LogP contribution < -0.4 is 14.7 Å². The van der Waals surface area contributed by atoms with Crippen LogP contribution in [0, 0.1) is 0 Å². The van der Waals surface area contributed by atoms with Crippen molar-refractivity contribution in [2.24, 2.45) is 0 Å². The quantitative estimate of drug-likeness (QED) is 0.101. The molecule has 3 aliphatic rings. The Morgan fingerprint density at radius 3 is 0.885 bits per heavy atom. The second-order valence-electron chi connectivity index (χ2n) is 36.4. The Balaban J connectivity index is 0.000000165. The van der Waals surface area contributed by atoms with Crippen LogP contribution in [0.15, 0.2) is 255 Å². The third-order valence-corrected chi connectivity index (χ3v) is 23.5. The lowest BCUT2D eigenvalue weighted by Gasteiger charge is -2.44. The molecule has 15 rings (SSSR count). The van der Waals surface area contributed by atoms with E-state index in [1.54, 1.807) is 18.2 Å². The van der Waals surface area contributed by atoms with E-state index in [1.165, 1.54) is 79.9 Å². The summed E-state index contributed by atoms with van der Waals surface area (Å²) < 4.78 is 123. The van der Waals surface area contributed by atoms with Crippen molar-refractivity contribution in [2.45, 2.75) is 249 Å². The number of aryl methyl sites for hydroxylation is 1. The minimum absolute atomic E-state index is 0.149. The highest BCUT2D eigenvalue weighted by Gasteiger charge is 2.47. The van der Waals surface area contributed by atoms with Gasteiger partial charge in [0, 0.05) is 85.8 Å². The van der Waals surface area contributed by atoms with E-state index in [-0.39, 0.29) is 45.1 Å². The smallest absolute Gasteiger partial charge is 0.0530 e. The first kappa shape index (κ1) is 64.4. The van der Waals surface area contributed by atoms with Gasteiger partial charge in [-0.1, -0.05) is 372 Å². The maximum absolute atomic E-state index is 9.46. The molecule has 0 spiro atoms. The summed E-state index contributed by atoms with van der Waals surface area (Å²) in [6, 6.07) is 86.1. The maximum atomic E-state index is 9.46. The van der Waals surface area contributed by atoms with Crippen molar-refractivity contribution in [2.75, 3.05) is 14.7 Å². The molecule has 3 aliphatic carbocycles. The molecule has 2 unspecified atom stereocenters. The summed E-state index contributed by atoms with van der Waals surface area (Å²) in [7, 11) is 0. The summed E-state index contributed by atoms with van der Waals surface area (Å²) in [5.74, 6) is -6.57. The van der Waals surface area contributed by atoms with Crippen molar-refractivity contribution in [3.63, 3.8) is 0 Å². The summed E-state index contributed by atoms with van der Waals surface area (Å²) in [5.41, 5.74) is 26.5. The predicted octanol–water partition coefficient (Wildman–Crippen LogP) is 32.0. The summed E-state index contributed by atoms with van der Waals surface area (Å²) in [5, 5.41) is 0. The van der Waals surface area contributed by atoms with Gasteiger partial charge in [-0.2, -0.15) is 0 Å². The number of hydrogen-bond acceptors (Lipinski definition) is 3. The molecule has 0 fully saturated rings. The first-order valence-corrected chi connectivity index (χ1v) is 40.5. The summed E-state index contributed by atoms with van der Waals surface area (Å²) >= 11 is 0. The van der Waals surface area contributed by atoms with Crippen LogP contribution in [0.2, 0.25) is 0 Å². The minimum atomic E-state index is -3.30. The van der Waals surface area contributed by atoms with Gasteiger partial charge in [-0.15, -0.1) is 0 Å². The molecule has 3 heteroatoms. The van der Waals surface area contributed by atoms with Crippen LogP contribution >= 0.6 is 0 Å². The molecule has 0 amide bonds. The number of para-hydroxylation sites is 3. The van der Waals surface area contributed by atoms with Crippen LogP contribution in [0.4, 0.5) is 34.1 Å². The van der Waals surface area contributed by atoms with E-state index < -0.39 is 55.1 Å². The van der Waals surface area contributed by atoms with E-state index in [1.807, 2.05) is 141 Å². The highest BCUT2D eigenvalue weighted by atomic mass is 15.2. The van der Waals surface area contributed by atoms with Gasteiger partial charge >= 0.3 is 0 Å². The third kappa shape index (κ3) is 14.6. The van der Waals surface area contributed by atoms with Gasteiger partial charge < -0.3 is 14.7 Å². The number of anilines is 6. The Morgan fingerprint density at radius 2 is 0.558 bits per heavy atom. The number of fused-ring (bicyclic) bond motifs is 9. The number of benzene rings is 12. The van der Waals surface area contributed by atoms with Gasteiger partial charge in [0.1, 0.15) is 0 Å². The molecule has 2 atom stereocenters. The number of rotatable bonds is 15. The molecule has 0 saturated carbocycles. The fourth-order valence-electron chi connectivity index (χ4n) is 18.5. The Bertz CT molecular complexity index is 6080. The van der Waals surface area contributed by atoms with Gasteiger partial charge in [0.15, 0.2) is 0 Å². The van der Waals surface area contributed by atoms with Crippen molar-refractivity contribution in [3.8, 4) is 66.8 Å². The standard InChI is InChI=1S/2C37H43N.C36H41N/c2*1-24(2)27-19-15-20-29(26-16-11-10-12-17-26)34(27)38(36(5,6)7)35-28(25(3)4)22-23-31-30-18-13-14-21-32(30)37(8,9)33(31)35;1-9-25-18-15-20-28(26-16-11-10-12-17-26)33(25)37(35(4,5)6)34-27(24(2)3)22-23-30-29-19-13-14-21-31(29)36(7,8)32(30)34/h2*10-25H,1-9H3;10-24H,9H2,1-8H3/i1D3,2D3,3D3,24D,25D;24D,25D;9D. The van der Waals surface area contributed by atoms with E-state index in [9.17, 15) is 5.48 Å². The fraction of sp³-hybridized carbons (Fsp3) is 0.345. The normalized spacial score (nSPS) is 17.3. The van der Waals surface area contributed by atoms with Crippen LogP contribution in [0.25, 0.3) is 66.8 Å². The lowest BCUT2D eigenvalue weighted by Crippen LogP contribution is -2.41. The molecule has 0 radical (unpaired) electrons. The average Bonchev–Trinajstić information content (AvgIpc) is 1.65. The Hall–Kier alpha value is -9.96. The van der Waals surface area contributed by atoms with Crippen LogP contribution in [-0.4, -0.2) is 16.6 Å². The van der Waals surface area contributed by atoms with Gasteiger partial charge in [0.05, 0.1) is 17.1 Å². The fourth-order valence-corrected chi connectivity index (χ4v) is 18.5. The van der Waals surface area contributed by atoms with Crippen LogP contribution in [0.3, 0.4) is 0 Å². The lowest BCUT2D eigenvalue weighted by atomic mass is 9.78. The van der Waals surface area contributed by atoms with Crippen molar-refractivity contribution in [1.82, 2.24) is 0 Å². The molecule has 0 heterocycles. The first-order valence-electron chi connectivity index (χ1n) is 47.6. The first-order chi connectivity index (χ1) is 58.8. The minimum Gasteiger partial charge on any atom is -0.335 e. The monoisotopic (exact) mass is 1500 g/mol. The van der Waals surface area contributed by atoms with Crippen molar-refractivity contribution in [1.29, 1.82) is 0 Å². The third-order valence-electron chi connectivity index (χ3n) is 23.5. The molecule has 0 saturated heterocycles. The molecular formula is C110H127N3. The zero-order valence-corrected chi connectivity index (χ0v) is 71.2. The second kappa shape index (κ2) is 31.1. The summed E-state index contributed by atoms with van der Waals surface area (Å²) in [4.78, 5) is 6.86. The molecular weight excluding hydrogens is 1360 g/mol. The van der Waals surface area contributed by atoms with Crippen LogP contribution in [0.5, 0.6) is 0 Å². The SMILES string of the molecule is [2H]C(C)(C)c1cccc(-c2ccccc2)c1N(c1c(C([2H])(C)C)ccc2c1C(C)(C)c1ccccc1-2)C(C)(C)C.[2H]C(C)c1cccc(-c2ccccc2)c1N(c1c(C(C)C)ccc2c1C(C)(C)c1ccccc1-2)C(C)(C)C.[2H]C([2H])([2H])C([2H])(C)c1ccc2c(c1N(c1c(-c3ccccc3)cccc1C([2H])(C([2H])([2H])[2H])C([2H])([2H])[2H])C(C)(C)C)C(C)(C)c1ccccc1-2. The van der Waals surface area contributed by atoms with Gasteiger partial charge in [0.25, 0.3) is 0 Å². The topological polar surface area (TPSA) is 9.72 Å². The largest absolute Gasteiger partial charge is 0.335 e. The molecule has 0 N–H and O–H groups in total. The lowest BCUT2D eigenvalue weighted by molar-refractivity contribution is 0.547. The summed E-state index contributed by atoms with van der Waals surface area (Å²) in [6.45, 7) is 39.3. The number of hydrogen-bond donors (Lipinski definition) is 0. The number of nitrogens with zero attached hydrogens (tertiary/aromatic N) is 3. The average molecular weight is 1510 g/mol. The zero-order valence-electron chi connectivity index (χ0n) is 85.2. The molecule has 0 bridgehead atoms. The zero-order chi connectivity index (χ0) is 93.4. The van der Waals surface area contributed by atoms with Gasteiger partial charge in [-0.3, -0.25) is 0 Å². The van der Waals surface area contributed by atoms with E-state index in [4.69, 9.17) is 13.7 Å². The highest BCUT2D eigenvalue weighted by molar-refractivity contribution is 5.98. The van der Waals surface area contributed by atoms with Gasteiger partial charge in [-0.05, 0) is 215 Å². The van der Waals surface area contributed by atoms with E-state index in [0.717, 1.165) is 67.1 Å². The van der Waals surface area contributed by atoms with Crippen LogP contribution in [0.1, 0.15) is 295 Å². The maximum Gasteiger partial charge on any atom is 0.0530 e. The van der Waals surface area contributed by atoms with Crippen molar-refractivity contribution >= 4 is 34.1 Å². The van der Waals surface area contributed by atoms with E-state index >= 15 is 0 Å². The molecule has 582 valence electrons. The van der Waals surface area contributed by atoms with Crippen molar-refractivity contribution < 1.29 is 19.2 Å². The Morgan fingerprint density at radius 1 is 0.283 bits per heavy atom. The molecule has 0 aromatic heterocycles. The predicted molar refractivity (Wildman–Crippen MR) is 493 cm³/mol. The second-order valence-corrected chi connectivity index (χ2v) is 36.4. The Kier molecular flexibility index (Phi) is 17.7. The molecule has 3 nitrogen and oxygen atoms in total. The van der Waals surface area contributed by atoms with Crippen LogP contribution in [-0.2, 0) is 22.6 Å². The van der Waals surface area contributed by atoms with Gasteiger partial charge in [0.2, 0.25) is 0 Å². The molecule has 113 heavy (non-hydrogen) atoms. The van der Waals surface area contributed by atoms with Crippen molar-refractivity contribution in [3.05, 3.63) is 322 Å². The van der Waals surface area contributed by atoms with E-state index in [2.05, 4.69) is 257 Å². The van der Waals surface area contributed by atoms with E-state index in [0.29, 0.717) is 22.7 Å². The summed E-state index contributed by atoms with van der Waals surface area (Å²) in [6.07, 6.45) is -0.358. The molecule has 12 aromatic rings. The molecule has 0 aliphatic heterocycles.